The van der Waals surface area contributed by atoms with Gasteiger partial charge in [-0.3, -0.25) is 9.78 Å². The van der Waals surface area contributed by atoms with Crippen LogP contribution in [-0.2, 0) is 6.54 Å². The third-order valence-corrected chi connectivity index (χ3v) is 4.67. The van der Waals surface area contributed by atoms with Crippen molar-refractivity contribution < 1.29 is 14.6 Å². The maximum absolute atomic E-state index is 12.6. The number of ether oxygens (including phenoxy) is 2. The van der Waals surface area contributed by atoms with Gasteiger partial charge in [0, 0.05) is 29.0 Å². The Labute approximate surface area is 168 Å². The summed E-state index contributed by atoms with van der Waals surface area (Å²) in [5.74, 6) is 1.14. The van der Waals surface area contributed by atoms with E-state index in [4.69, 9.17) is 14.9 Å². The van der Waals surface area contributed by atoms with Crippen molar-refractivity contribution >= 4 is 22.2 Å². The molecule has 0 aliphatic heterocycles. The molecule has 0 radical (unpaired) electrons. The molecule has 0 saturated carbocycles. The fourth-order valence-corrected chi connectivity index (χ4v) is 3.31. The second-order valence-electron chi connectivity index (χ2n) is 6.64. The monoisotopic (exact) mass is 393 g/mol. The zero-order valence-electron chi connectivity index (χ0n) is 16.8. The molecule has 0 unspecified atom stereocenters. The molecule has 3 aromatic rings. The molecule has 0 fully saturated rings. The molecular weight excluding hydrogens is 370 g/mol. The van der Waals surface area contributed by atoms with E-state index in [1.807, 2.05) is 12.1 Å². The topological polar surface area (TPSA) is 97.4 Å². The molecule has 0 amide bonds. The Hall–Kier alpha value is -3.61. The van der Waals surface area contributed by atoms with Crippen LogP contribution >= 0.6 is 0 Å². The Morgan fingerprint density at radius 3 is 2.45 bits per heavy atom. The summed E-state index contributed by atoms with van der Waals surface area (Å²) >= 11 is 0. The maximum atomic E-state index is 12.6. The zero-order valence-corrected chi connectivity index (χ0v) is 16.8. The van der Waals surface area contributed by atoms with E-state index in [1.54, 1.807) is 43.0 Å². The van der Waals surface area contributed by atoms with E-state index in [0.29, 0.717) is 33.8 Å². The first-order valence-electron chi connectivity index (χ1n) is 9.02. The van der Waals surface area contributed by atoms with Gasteiger partial charge in [-0.2, -0.15) is 0 Å². The number of pyridine rings is 2. The molecule has 0 saturated heterocycles. The van der Waals surface area contributed by atoms with Crippen LogP contribution in [0.3, 0.4) is 0 Å². The van der Waals surface area contributed by atoms with Gasteiger partial charge in [0.1, 0.15) is 11.5 Å². The van der Waals surface area contributed by atoms with E-state index in [-0.39, 0.29) is 23.6 Å². The van der Waals surface area contributed by atoms with E-state index in [1.165, 1.54) is 20.1 Å². The van der Waals surface area contributed by atoms with E-state index >= 15 is 0 Å². The van der Waals surface area contributed by atoms with Crippen LogP contribution in [0, 0.1) is 5.41 Å². The van der Waals surface area contributed by atoms with Gasteiger partial charge in [0.2, 0.25) is 0 Å². The number of fused-ring (bicyclic) bond motifs is 1. The molecular formula is C22H23N3O4. The highest BCUT2D eigenvalue weighted by Gasteiger charge is 2.17. The van der Waals surface area contributed by atoms with Crippen LogP contribution < -0.4 is 15.0 Å². The number of benzene rings is 1. The van der Waals surface area contributed by atoms with Crippen molar-refractivity contribution in [3.63, 3.8) is 0 Å². The molecule has 29 heavy (non-hydrogen) atoms. The summed E-state index contributed by atoms with van der Waals surface area (Å²) in [4.78, 5) is 16.9. The molecule has 0 aliphatic rings. The van der Waals surface area contributed by atoms with Gasteiger partial charge in [0.15, 0.2) is 0 Å². The highest BCUT2D eigenvalue weighted by Crippen LogP contribution is 2.32. The minimum Gasteiger partial charge on any atom is -0.512 e. The Bertz CT molecular complexity index is 1160. The van der Waals surface area contributed by atoms with Crippen molar-refractivity contribution in [2.45, 2.75) is 20.4 Å². The van der Waals surface area contributed by atoms with Crippen LogP contribution in [0.4, 0.5) is 0 Å². The van der Waals surface area contributed by atoms with Crippen molar-refractivity contribution in [2.75, 3.05) is 14.2 Å². The van der Waals surface area contributed by atoms with E-state index in [0.717, 1.165) is 5.39 Å². The van der Waals surface area contributed by atoms with Crippen molar-refractivity contribution in [2.24, 2.45) is 0 Å². The molecule has 7 heteroatoms. The van der Waals surface area contributed by atoms with Gasteiger partial charge in [-0.05, 0) is 43.5 Å². The lowest BCUT2D eigenvalue weighted by molar-refractivity contribution is 0.409. The summed E-state index contributed by atoms with van der Waals surface area (Å²) in [6, 6.07) is 10.4. The van der Waals surface area contributed by atoms with Gasteiger partial charge in [-0.1, -0.05) is 0 Å². The number of nitrogens with one attached hydrogen (secondary N) is 1. The number of nitrogens with zero attached hydrogens (tertiary/aromatic N) is 2. The lowest BCUT2D eigenvalue weighted by Gasteiger charge is -2.16. The average molecular weight is 393 g/mol. The zero-order chi connectivity index (χ0) is 21.1. The van der Waals surface area contributed by atoms with E-state index in [9.17, 15) is 9.90 Å². The Kier molecular flexibility index (Phi) is 5.68. The lowest BCUT2D eigenvalue weighted by Crippen LogP contribution is -2.20. The minimum atomic E-state index is -0.165. The predicted octanol–water partition coefficient (Wildman–Crippen LogP) is 3.79. The summed E-state index contributed by atoms with van der Waals surface area (Å²) in [5, 5.41) is 18.9. The van der Waals surface area contributed by atoms with Crippen LogP contribution in [0.5, 0.6) is 11.5 Å². The molecule has 1 aromatic carbocycles. The van der Waals surface area contributed by atoms with Crippen LogP contribution in [0.25, 0.3) is 16.5 Å². The number of hydrogen-bond donors (Lipinski definition) is 2. The molecule has 0 atom stereocenters. The van der Waals surface area contributed by atoms with Crippen molar-refractivity contribution in [3.05, 3.63) is 70.0 Å². The number of aromatic nitrogens is 2. The van der Waals surface area contributed by atoms with Gasteiger partial charge in [0.05, 0.1) is 43.9 Å². The molecule has 7 nitrogen and oxygen atoms in total. The molecule has 0 bridgehead atoms. The maximum Gasteiger partial charge on any atom is 0.251 e. The van der Waals surface area contributed by atoms with Crippen molar-refractivity contribution in [1.29, 1.82) is 5.41 Å². The van der Waals surface area contributed by atoms with Crippen LogP contribution in [0.15, 0.2) is 53.1 Å². The summed E-state index contributed by atoms with van der Waals surface area (Å²) in [5.41, 5.74) is 2.44. The fraction of sp³-hybridized carbons (Fsp3) is 0.227. The van der Waals surface area contributed by atoms with Crippen LogP contribution in [0.1, 0.15) is 25.1 Å². The van der Waals surface area contributed by atoms with E-state index in [2.05, 4.69) is 4.98 Å². The number of allylic oxidation sites excluding steroid dienone is 2. The molecule has 150 valence electrons. The number of aliphatic hydroxyl groups excluding tert-OH is 1. The van der Waals surface area contributed by atoms with E-state index < -0.39 is 0 Å². The highest BCUT2D eigenvalue weighted by molar-refractivity contribution is 6.22. The third-order valence-electron chi connectivity index (χ3n) is 4.67. The van der Waals surface area contributed by atoms with Gasteiger partial charge in [-0.25, -0.2) is 0 Å². The van der Waals surface area contributed by atoms with Gasteiger partial charge >= 0.3 is 0 Å². The first kappa shape index (κ1) is 20.1. The second kappa shape index (κ2) is 8.18. The van der Waals surface area contributed by atoms with Gasteiger partial charge < -0.3 is 24.6 Å². The van der Waals surface area contributed by atoms with Crippen molar-refractivity contribution in [1.82, 2.24) is 9.55 Å². The van der Waals surface area contributed by atoms with Crippen LogP contribution in [-0.4, -0.2) is 34.6 Å². The Morgan fingerprint density at radius 1 is 1.14 bits per heavy atom. The molecule has 0 spiro atoms. The quantitative estimate of drug-likeness (QED) is 0.490. The molecule has 0 aliphatic carbocycles. The Morgan fingerprint density at radius 2 is 1.90 bits per heavy atom. The predicted molar refractivity (Wildman–Crippen MR) is 113 cm³/mol. The second-order valence-corrected chi connectivity index (χ2v) is 6.64. The molecule has 3 rings (SSSR count). The average Bonchev–Trinajstić information content (AvgIpc) is 2.69. The molecule has 2 N–H and O–H groups in total. The minimum absolute atomic E-state index is 0.0332. The van der Waals surface area contributed by atoms with Gasteiger partial charge in [-0.15, -0.1) is 0 Å². The molecule has 2 heterocycles. The van der Waals surface area contributed by atoms with Crippen molar-refractivity contribution in [3.8, 4) is 11.5 Å². The first-order valence-corrected chi connectivity index (χ1v) is 9.02. The standard InChI is InChI=1S/C22H23N3O4/c1-13(23)22(14(2)26)18-9-15-5-8-21(27)25(19(15)10-20(18)29-4)12-16-6-7-17(28-3)11-24-16/h5-11,23,26H,12H2,1-4H3/b22-14+,23-13?. The van der Waals surface area contributed by atoms with Crippen LogP contribution in [0.2, 0.25) is 0 Å². The number of rotatable bonds is 6. The summed E-state index contributed by atoms with van der Waals surface area (Å²) in [6.45, 7) is 3.43. The Balaban J connectivity index is 2.19. The largest absolute Gasteiger partial charge is 0.512 e. The normalized spacial score (nSPS) is 11.9. The highest BCUT2D eigenvalue weighted by atomic mass is 16.5. The SMILES string of the molecule is COc1ccc(Cn2c(=O)ccc3cc(/C(C(C)=N)=C(\C)O)c(OC)cc32)nc1. The number of aliphatic hydroxyl groups is 1. The molecule has 2 aromatic heterocycles. The lowest BCUT2D eigenvalue weighted by atomic mass is 9.97. The summed E-state index contributed by atoms with van der Waals surface area (Å²) in [6.07, 6.45) is 1.61. The summed E-state index contributed by atoms with van der Waals surface area (Å²) in [7, 11) is 3.09. The van der Waals surface area contributed by atoms with Gasteiger partial charge in [0.25, 0.3) is 5.56 Å². The smallest absolute Gasteiger partial charge is 0.251 e. The fourth-order valence-electron chi connectivity index (χ4n) is 3.31. The first-order chi connectivity index (χ1) is 13.8. The third kappa shape index (κ3) is 3.99. The number of methoxy groups -OCH3 is 2. The summed E-state index contributed by atoms with van der Waals surface area (Å²) < 4.78 is 12.3. The number of hydrogen-bond acceptors (Lipinski definition) is 6.